The second kappa shape index (κ2) is 10.5. The van der Waals surface area contributed by atoms with E-state index in [4.69, 9.17) is 10.5 Å². The van der Waals surface area contributed by atoms with Crippen molar-refractivity contribution in [3.05, 3.63) is 59.4 Å². The second-order valence-electron chi connectivity index (χ2n) is 8.91. The highest BCUT2D eigenvalue weighted by Crippen LogP contribution is 2.29. The van der Waals surface area contributed by atoms with E-state index in [1.54, 1.807) is 23.1 Å². The summed E-state index contributed by atoms with van der Waals surface area (Å²) in [5, 5.41) is 5.21. The van der Waals surface area contributed by atoms with Gasteiger partial charge in [0.15, 0.2) is 0 Å². The van der Waals surface area contributed by atoms with Crippen LogP contribution < -0.4 is 16.4 Å². The zero-order chi connectivity index (χ0) is 24.1. The Hall–Kier alpha value is -3.62. The Morgan fingerprint density at radius 2 is 1.79 bits per heavy atom. The Morgan fingerprint density at radius 1 is 1.03 bits per heavy atom. The van der Waals surface area contributed by atoms with E-state index >= 15 is 0 Å². The van der Waals surface area contributed by atoms with Crippen molar-refractivity contribution < 1.29 is 23.5 Å². The molecule has 0 bridgehead atoms. The van der Waals surface area contributed by atoms with Gasteiger partial charge in [0.05, 0.1) is 5.69 Å². The summed E-state index contributed by atoms with van der Waals surface area (Å²) in [7, 11) is 0. The van der Waals surface area contributed by atoms with E-state index in [9.17, 15) is 18.8 Å². The third-order valence-corrected chi connectivity index (χ3v) is 6.41. The number of nitrogens with two attached hydrogens (primary N) is 1. The van der Waals surface area contributed by atoms with Crippen molar-refractivity contribution in [1.29, 1.82) is 0 Å². The number of carbonyl (C=O) groups is 3. The zero-order valence-corrected chi connectivity index (χ0v) is 18.9. The molecule has 0 radical (unpaired) electrons. The maximum Gasteiger partial charge on any atom is 0.410 e. The van der Waals surface area contributed by atoms with Crippen LogP contribution in [0, 0.1) is 11.7 Å². The molecule has 0 aromatic heterocycles. The Balaban J connectivity index is 1.28. The normalized spacial score (nSPS) is 19.6. The molecule has 180 valence electrons. The molecule has 1 aliphatic heterocycles. The first-order chi connectivity index (χ1) is 16.4. The van der Waals surface area contributed by atoms with E-state index in [1.807, 2.05) is 12.1 Å². The number of carbonyl (C=O) groups excluding carboxylic acids is 3. The van der Waals surface area contributed by atoms with E-state index in [2.05, 4.69) is 10.6 Å². The van der Waals surface area contributed by atoms with Gasteiger partial charge in [0.25, 0.3) is 0 Å². The number of hydrogen-bond acceptors (Lipinski definition) is 4. The minimum absolute atomic E-state index is 0.105. The highest BCUT2D eigenvalue weighted by atomic mass is 19.1. The number of benzene rings is 2. The largest absolute Gasteiger partial charge is 0.446 e. The van der Waals surface area contributed by atoms with Crippen molar-refractivity contribution in [1.82, 2.24) is 4.90 Å². The minimum Gasteiger partial charge on any atom is -0.446 e. The summed E-state index contributed by atoms with van der Waals surface area (Å²) in [6.07, 6.45) is 3.75. The Bertz CT molecular complexity index is 1070. The number of rotatable bonds is 5. The van der Waals surface area contributed by atoms with Crippen LogP contribution >= 0.6 is 0 Å². The van der Waals surface area contributed by atoms with Crippen molar-refractivity contribution in [3.63, 3.8) is 0 Å². The standard InChI is InChI=1S/C25H29FN4O4/c26-21-3-1-2-4-22(21)29-24(32)28-19-8-7-18-15-30(12-11-17(18)14-19)25(33)34-20-9-5-16(6-10-20)13-23(27)31/h1-4,7-8,14,16,20H,5-6,9-13,15H2,(H2,27,31)(H2,28,29,32)/t16-,20-. The molecule has 4 rings (SSSR count). The average molecular weight is 469 g/mol. The van der Waals surface area contributed by atoms with Crippen molar-refractivity contribution in [2.75, 3.05) is 17.2 Å². The number of hydrogen-bond donors (Lipinski definition) is 3. The van der Waals surface area contributed by atoms with Crippen LogP contribution in [0.1, 0.15) is 43.2 Å². The van der Waals surface area contributed by atoms with E-state index in [-0.39, 0.29) is 29.7 Å². The first-order valence-corrected chi connectivity index (χ1v) is 11.6. The molecule has 1 aliphatic carbocycles. The molecule has 8 nitrogen and oxygen atoms in total. The van der Waals surface area contributed by atoms with Crippen LogP contribution in [-0.2, 0) is 22.5 Å². The number of nitrogens with one attached hydrogen (secondary N) is 2. The number of ether oxygens (including phenoxy) is 1. The number of halogens is 1. The lowest BCUT2D eigenvalue weighted by Crippen LogP contribution is -2.39. The lowest BCUT2D eigenvalue weighted by atomic mass is 9.85. The SMILES string of the molecule is NC(=O)C[C@H]1CC[C@H](OC(=O)N2CCc3cc(NC(=O)Nc4ccccc4F)ccc3C2)CC1. The summed E-state index contributed by atoms with van der Waals surface area (Å²) in [5.41, 5.74) is 8.01. The second-order valence-corrected chi connectivity index (χ2v) is 8.91. The summed E-state index contributed by atoms with van der Waals surface area (Å²) in [5.74, 6) is -0.504. The predicted octanol–water partition coefficient (Wildman–Crippen LogP) is 4.40. The van der Waals surface area contributed by atoms with Crippen LogP contribution in [0.3, 0.4) is 0 Å². The van der Waals surface area contributed by atoms with Gasteiger partial charge in [-0.25, -0.2) is 14.0 Å². The number of primary amides is 1. The minimum atomic E-state index is -0.531. The summed E-state index contributed by atoms with van der Waals surface area (Å²) >= 11 is 0. The molecule has 1 heterocycles. The molecule has 2 aromatic carbocycles. The van der Waals surface area contributed by atoms with Crippen LogP contribution in [0.4, 0.5) is 25.4 Å². The van der Waals surface area contributed by atoms with Gasteiger partial charge < -0.3 is 26.0 Å². The average Bonchev–Trinajstić information content (AvgIpc) is 2.81. The fourth-order valence-electron chi connectivity index (χ4n) is 4.59. The van der Waals surface area contributed by atoms with Gasteiger partial charge in [-0.05, 0) is 73.4 Å². The number of para-hydroxylation sites is 1. The molecular weight excluding hydrogens is 439 g/mol. The molecule has 34 heavy (non-hydrogen) atoms. The molecule has 0 unspecified atom stereocenters. The summed E-state index contributed by atoms with van der Waals surface area (Å²) in [4.78, 5) is 37.7. The van der Waals surface area contributed by atoms with Crippen molar-refractivity contribution in [3.8, 4) is 0 Å². The van der Waals surface area contributed by atoms with Gasteiger partial charge in [-0.15, -0.1) is 0 Å². The number of nitrogens with zero attached hydrogens (tertiary/aromatic N) is 1. The van der Waals surface area contributed by atoms with Crippen LogP contribution in [0.2, 0.25) is 0 Å². The van der Waals surface area contributed by atoms with Gasteiger partial charge in [-0.2, -0.15) is 0 Å². The van der Waals surface area contributed by atoms with Gasteiger partial charge in [-0.3, -0.25) is 4.79 Å². The molecule has 2 aromatic rings. The molecule has 4 amide bonds. The number of fused-ring (bicyclic) bond motifs is 1. The summed E-state index contributed by atoms with van der Waals surface area (Å²) in [6, 6.07) is 10.9. The number of urea groups is 1. The van der Waals surface area contributed by atoms with Gasteiger partial charge in [0.1, 0.15) is 11.9 Å². The maximum absolute atomic E-state index is 13.7. The van der Waals surface area contributed by atoms with Crippen LogP contribution in [0.25, 0.3) is 0 Å². The molecule has 0 saturated heterocycles. The third-order valence-electron chi connectivity index (χ3n) is 6.41. The highest BCUT2D eigenvalue weighted by molar-refractivity contribution is 5.99. The molecule has 1 fully saturated rings. The van der Waals surface area contributed by atoms with Gasteiger partial charge >= 0.3 is 12.1 Å². The smallest absolute Gasteiger partial charge is 0.410 e. The quantitative estimate of drug-likeness (QED) is 0.603. The van der Waals surface area contributed by atoms with Crippen molar-refractivity contribution >= 4 is 29.4 Å². The molecule has 0 atom stereocenters. The monoisotopic (exact) mass is 468 g/mol. The fourth-order valence-corrected chi connectivity index (χ4v) is 4.59. The molecular formula is C25H29FN4O4. The summed E-state index contributed by atoms with van der Waals surface area (Å²) in [6.45, 7) is 0.959. The summed E-state index contributed by atoms with van der Waals surface area (Å²) < 4.78 is 19.4. The fraction of sp³-hybridized carbons (Fsp3) is 0.400. The first kappa shape index (κ1) is 23.5. The molecule has 0 spiro atoms. The van der Waals surface area contributed by atoms with E-state index in [0.29, 0.717) is 31.6 Å². The lowest BCUT2D eigenvalue weighted by Gasteiger charge is -2.32. The van der Waals surface area contributed by atoms with Crippen molar-refractivity contribution in [2.45, 2.75) is 51.2 Å². The zero-order valence-electron chi connectivity index (χ0n) is 18.9. The Kier molecular flexibility index (Phi) is 7.30. The molecule has 1 saturated carbocycles. The van der Waals surface area contributed by atoms with E-state index in [1.165, 1.54) is 12.1 Å². The number of amides is 4. The van der Waals surface area contributed by atoms with Crippen LogP contribution in [-0.4, -0.2) is 35.6 Å². The van der Waals surface area contributed by atoms with Gasteiger partial charge in [0.2, 0.25) is 5.91 Å². The van der Waals surface area contributed by atoms with Gasteiger partial charge in [0, 0.05) is 25.2 Å². The highest BCUT2D eigenvalue weighted by Gasteiger charge is 2.28. The van der Waals surface area contributed by atoms with E-state index in [0.717, 1.165) is 36.8 Å². The first-order valence-electron chi connectivity index (χ1n) is 11.6. The maximum atomic E-state index is 13.7. The topological polar surface area (TPSA) is 114 Å². The Labute approximate surface area is 197 Å². The molecule has 4 N–H and O–H groups in total. The third kappa shape index (κ3) is 6.03. The van der Waals surface area contributed by atoms with Crippen LogP contribution in [0.15, 0.2) is 42.5 Å². The van der Waals surface area contributed by atoms with E-state index < -0.39 is 11.8 Å². The molecule has 9 heteroatoms. The predicted molar refractivity (Wildman–Crippen MR) is 126 cm³/mol. The Morgan fingerprint density at radius 3 is 2.53 bits per heavy atom. The molecule has 2 aliphatic rings. The van der Waals surface area contributed by atoms with Crippen molar-refractivity contribution in [2.24, 2.45) is 11.7 Å². The number of anilines is 2. The lowest BCUT2D eigenvalue weighted by molar-refractivity contribution is -0.119. The van der Waals surface area contributed by atoms with Gasteiger partial charge in [-0.1, -0.05) is 18.2 Å². The van der Waals surface area contributed by atoms with Crippen LogP contribution in [0.5, 0.6) is 0 Å².